The molecule has 0 saturated heterocycles. The average Bonchev–Trinajstić information content (AvgIpc) is 2.50. The maximum atomic E-state index is 11.7. The Balaban J connectivity index is 1.87. The van der Waals surface area contributed by atoms with Crippen molar-refractivity contribution in [3.05, 3.63) is 53.1 Å². The van der Waals surface area contributed by atoms with Gasteiger partial charge < -0.3 is 14.9 Å². The van der Waals surface area contributed by atoms with Crippen molar-refractivity contribution >= 4 is 12.1 Å². The topological polar surface area (TPSA) is 91.2 Å². The second-order valence-corrected chi connectivity index (χ2v) is 5.09. The zero-order chi connectivity index (χ0) is 16.8. The third kappa shape index (κ3) is 4.74. The van der Waals surface area contributed by atoms with Crippen LogP contribution in [0.15, 0.2) is 41.5 Å². The highest BCUT2D eigenvalue weighted by atomic mass is 16.5. The molecule has 0 radical (unpaired) electrons. The second kappa shape index (κ2) is 7.31. The van der Waals surface area contributed by atoms with Crippen molar-refractivity contribution < 1.29 is 19.7 Å². The molecule has 2 aromatic carbocycles. The summed E-state index contributed by atoms with van der Waals surface area (Å²) in [4.78, 5) is 11.7. The van der Waals surface area contributed by atoms with Gasteiger partial charge in [0.15, 0.2) is 6.61 Å². The van der Waals surface area contributed by atoms with Gasteiger partial charge in [0.2, 0.25) is 0 Å². The van der Waals surface area contributed by atoms with E-state index in [0.717, 1.165) is 11.1 Å². The average molecular weight is 314 g/mol. The number of nitrogens with one attached hydrogen (secondary N) is 1. The van der Waals surface area contributed by atoms with Crippen molar-refractivity contribution in [1.82, 2.24) is 5.43 Å². The van der Waals surface area contributed by atoms with E-state index in [1.165, 1.54) is 24.4 Å². The van der Waals surface area contributed by atoms with Crippen LogP contribution in [0.4, 0.5) is 0 Å². The molecule has 0 aliphatic carbocycles. The number of aromatic hydroxyl groups is 2. The summed E-state index contributed by atoms with van der Waals surface area (Å²) >= 11 is 0. The van der Waals surface area contributed by atoms with Gasteiger partial charge in [-0.05, 0) is 43.2 Å². The summed E-state index contributed by atoms with van der Waals surface area (Å²) in [6.45, 7) is 3.68. The number of hydrogen-bond acceptors (Lipinski definition) is 5. The van der Waals surface area contributed by atoms with Gasteiger partial charge in [0.25, 0.3) is 5.91 Å². The minimum absolute atomic E-state index is 0.0504. The zero-order valence-corrected chi connectivity index (χ0v) is 12.9. The van der Waals surface area contributed by atoms with Crippen molar-refractivity contribution in [3.8, 4) is 17.2 Å². The maximum absolute atomic E-state index is 11.7. The Labute approximate surface area is 134 Å². The van der Waals surface area contributed by atoms with Gasteiger partial charge in [-0.3, -0.25) is 4.79 Å². The standard InChI is InChI=1S/C17H18N2O4/c1-11-3-4-12(2)16(7-11)23-10-17(22)19-18-9-13-5-6-14(20)8-15(13)21/h3-9,20-21H,10H2,1-2H3,(H,19,22)/b18-9+. The Morgan fingerprint density at radius 3 is 2.74 bits per heavy atom. The number of benzene rings is 2. The maximum Gasteiger partial charge on any atom is 0.277 e. The van der Waals surface area contributed by atoms with Gasteiger partial charge in [0.05, 0.1) is 6.21 Å². The van der Waals surface area contributed by atoms with Gasteiger partial charge >= 0.3 is 0 Å². The number of carbonyl (C=O) groups is 1. The van der Waals surface area contributed by atoms with Gasteiger partial charge in [0.1, 0.15) is 17.2 Å². The lowest BCUT2D eigenvalue weighted by Crippen LogP contribution is -2.24. The van der Waals surface area contributed by atoms with Gasteiger partial charge in [-0.2, -0.15) is 5.10 Å². The van der Waals surface area contributed by atoms with Crippen LogP contribution >= 0.6 is 0 Å². The van der Waals surface area contributed by atoms with Crippen LogP contribution in [0.2, 0.25) is 0 Å². The quantitative estimate of drug-likeness (QED) is 0.583. The van der Waals surface area contributed by atoms with Crippen LogP contribution in [0, 0.1) is 13.8 Å². The van der Waals surface area contributed by atoms with E-state index in [-0.39, 0.29) is 18.1 Å². The third-order valence-electron chi connectivity index (χ3n) is 3.11. The normalized spacial score (nSPS) is 10.7. The van der Waals surface area contributed by atoms with Crippen molar-refractivity contribution in [2.24, 2.45) is 5.10 Å². The van der Waals surface area contributed by atoms with Crippen LogP contribution in [0.25, 0.3) is 0 Å². The largest absolute Gasteiger partial charge is 0.508 e. The molecule has 0 spiro atoms. The summed E-state index contributed by atoms with van der Waals surface area (Å²) in [5.74, 6) is 0.0565. The number of phenolic OH excluding ortho intramolecular Hbond substituents is 2. The summed E-state index contributed by atoms with van der Waals surface area (Å²) in [6.07, 6.45) is 1.28. The van der Waals surface area contributed by atoms with E-state index in [0.29, 0.717) is 11.3 Å². The number of rotatable bonds is 5. The molecular weight excluding hydrogens is 296 g/mol. The molecule has 0 saturated carbocycles. The molecule has 1 amide bonds. The number of ether oxygens (including phenoxy) is 1. The molecule has 6 nitrogen and oxygen atoms in total. The Bertz CT molecular complexity index is 741. The fraction of sp³-hybridized carbons (Fsp3) is 0.176. The molecule has 120 valence electrons. The highest BCUT2D eigenvalue weighted by molar-refractivity contribution is 5.85. The van der Waals surface area contributed by atoms with Gasteiger partial charge in [-0.1, -0.05) is 12.1 Å². The minimum atomic E-state index is -0.416. The van der Waals surface area contributed by atoms with E-state index in [4.69, 9.17) is 4.74 Å². The van der Waals surface area contributed by atoms with Crippen molar-refractivity contribution in [2.45, 2.75) is 13.8 Å². The number of aryl methyl sites for hydroxylation is 2. The van der Waals surface area contributed by atoms with E-state index >= 15 is 0 Å². The minimum Gasteiger partial charge on any atom is -0.508 e. The summed E-state index contributed by atoms with van der Waals surface area (Å²) in [5.41, 5.74) is 4.68. The fourth-order valence-corrected chi connectivity index (χ4v) is 1.85. The van der Waals surface area contributed by atoms with E-state index in [9.17, 15) is 15.0 Å². The summed E-state index contributed by atoms with van der Waals surface area (Å²) in [6, 6.07) is 9.83. The molecule has 2 aromatic rings. The first-order valence-electron chi connectivity index (χ1n) is 6.99. The van der Waals surface area contributed by atoms with Gasteiger partial charge in [0, 0.05) is 11.6 Å². The van der Waals surface area contributed by atoms with E-state index < -0.39 is 5.91 Å². The Hall–Kier alpha value is -3.02. The molecule has 0 heterocycles. The van der Waals surface area contributed by atoms with E-state index in [2.05, 4.69) is 10.5 Å². The van der Waals surface area contributed by atoms with Gasteiger partial charge in [-0.25, -0.2) is 5.43 Å². The predicted molar refractivity (Wildman–Crippen MR) is 86.9 cm³/mol. The van der Waals surface area contributed by atoms with Gasteiger partial charge in [-0.15, -0.1) is 0 Å². The SMILES string of the molecule is Cc1ccc(C)c(OCC(=O)N/N=C/c2ccc(O)cc2O)c1. The van der Waals surface area contributed by atoms with Crippen molar-refractivity contribution in [1.29, 1.82) is 0 Å². The highest BCUT2D eigenvalue weighted by Crippen LogP contribution is 2.21. The Kier molecular flexibility index (Phi) is 5.19. The van der Waals surface area contributed by atoms with Crippen molar-refractivity contribution in [3.63, 3.8) is 0 Å². The Morgan fingerprint density at radius 2 is 2.00 bits per heavy atom. The molecule has 0 aliphatic rings. The number of phenols is 2. The summed E-state index contributed by atoms with van der Waals surface area (Å²) < 4.78 is 5.45. The zero-order valence-electron chi connectivity index (χ0n) is 12.9. The monoisotopic (exact) mass is 314 g/mol. The lowest BCUT2D eigenvalue weighted by molar-refractivity contribution is -0.123. The van der Waals surface area contributed by atoms with Crippen LogP contribution in [0.5, 0.6) is 17.2 Å². The van der Waals surface area contributed by atoms with Crippen LogP contribution in [0.1, 0.15) is 16.7 Å². The number of amides is 1. The second-order valence-electron chi connectivity index (χ2n) is 5.09. The van der Waals surface area contributed by atoms with Crippen LogP contribution in [-0.2, 0) is 4.79 Å². The lowest BCUT2D eigenvalue weighted by Gasteiger charge is -2.08. The summed E-state index contributed by atoms with van der Waals surface area (Å²) in [5, 5.41) is 22.5. The first kappa shape index (κ1) is 16.4. The lowest BCUT2D eigenvalue weighted by atomic mass is 10.1. The molecule has 0 fully saturated rings. The molecule has 2 rings (SSSR count). The van der Waals surface area contributed by atoms with Crippen molar-refractivity contribution in [2.75, 3.05) is 6.61 Å². The predicted octanol–water partition coefficient (Wildman–Crippen LogP) is 2.24. The Morgan fingerprint density at radius 1 is 1.22 bits per heavy atom. The molecule has 0 bridgehead atoms. The van der Waals surface area contributed by atoms with Crippen LogP contribution in [0.3, 0.4) is 0 Å². The molecule has 3 N–H and O–H groups in total. The number of hydrazone groups is 1. The first-order chi connectivity index (χ1) is 11.0. The molecule has 0 aliphatic heterocycles. The number of nitrogens with zero attached hydrogens (tertiary/aromatic N) is 1. The highest BCUT2D eigenvalue weighted by Gasteiger charge is 2.05. The molecule has 0 aromatic heterocycles. The smallest absolute Gasteiger partial charge is 0.277 e. The molecular formula is C17H18N2O4. The molecule has 23 heavy (non-hydrogen) atoms. The fourth-order valence-electron chi connectivity index (χ4n) is 1.85. The van der Waals surface area contributed by atoms with Crippen LogP contribution < -0.4 is 10.2 Å². The van der Waals surface area contributed by atoms with E-state index in [1.54, 1.807) is 0 Å². The number of carbonyl (C=O) groups excluding carboxylic acids is 1. The molecule has 6 heteroatoms. The third-order valence-corrected chi connectivity index (χ3v) is 3.11. The first-order valence-corrected chi connectivity index (χ1v) is 6.99. The molecule has 0 atom stereocenters. The van der Waals surface area contributed by atoms with E-state index in [1.807, 2.05) is 32.0 Å². The van der Waals surface area contributed by atoms with Crippen LogP contribution in [-0.4, -0.2) is 28.9 Å². The summed E-state index contributed by atoms with van der Waals surface area (Å²) in [7, 11) is 0. The molecule has 0 unspecified atom stereocenters. The number of hydrogen-bond donors (Lipinski definition) is 3.